The van der Waals surface area contributed by atoms with Gasteiger partial charge in [0.15, 0.2) is 11.5 Å². The van der Waals surface area contributed by atoms with Gasteiger partial charge in [0.2, 0.25) is 0 Å². The van der Waals surface area contributed by atoms with Gasteiger partial charge in [-0.25, -0.2) is 9.67 Å². The van der Waals surface area contributed by atoms with Crippen LogP contribution in [0.2, 0.25) is 0 Å². The average molecular weight is 334 g/mol. The third-order valence-electron chi connectivity index (χ3n) is 4.41. The number of nitrogens with zero attached hydrogens (tertiary/aromatic N) is 8. The van der Waals surface area contributed by atoms with Crippen molar-refractivity contribution in [2.45, 2.75) is 19.9 Å². The molecule has 4 rings (SSSR count). The molecule has 0 radical (unpaired) electrons. The lowest BCUT2D eigenvalue weighted by molar-refractivity contribution is 0.711. The van der Waals surface area contributed by atoms with Gasteiger partial charge in [-0.2, -0.15) is 9.61 Å². The summed E-state index contributed by atoms with van der Waals surface area (Å²) in [6.45, 7) is 4.04. The smallest absolute Gasteiger partial charge is 0.178 e. The highest BCUT2D eigenvalue weighted by Gasteiger charge is 2.15. The highest BCUT2D eigenvalue weighted by molar-refractivity contribution is 5.47. The van der Waals surface area contributed by atoms with Crippen LogP contribution in [0.25, 0.3) is 11.3 Å². The first kappa shape index (κ1) is 15.3. The lowest BCUT2D eigenvalue weighted by Crippen LogP contribution is -2.23. The van der Waals surface area contributed by atoms with Gasteiger partial charge in [0.25, 0.3) is 0 Å². The number of anilines is 1. The molecular formula is C17H18N8. The zero-order valence-corrected chi connectivity index (χ0v) is 14.3. The number of aryl methyl sites for hydroxylation is 1. The Morgan fingerprint density at radius 2 is 1.84 bits per heavy atom. The average Bonchev–Trinajstić information content (AvgIpc) is 3.31. The van der Waals surface area contributed by atoms with Crippen LogP contribution in [0.4, 0.5) is 5.82 Å². The SMILES string of the molecule is Cc1nnc2ccc(N(C)C(C)c3ccc(-n4cncn4)cc3)nn12. The minimum absolute atomic E-state index is 0.159. The van der Waals surface area contributed by atoms with E-state index in [0.29, 0.717) is 0 Å². The topological polar surface area (TPSA) is 77.0 Å². The summed E-state index contributed by atoms with van der Waals surface area (Å²) in [7, 11) is 2.03. The number of hydrogen-bond donors (Lipinski definition) is 0. The highest BCUT2D eigenvalue weighted by atomic mass is 15.4. The van der Waals surface area contributed by atoms with Crippen LogP contribution in [0.5, 0.6) is 0 Å². The summed E-state index contributed by atoms with van der Waals surface area (Å²) in [6, 6.07) is 12.3. The van der Waals surface area contributed by atoms with Crippen LogP contribution in [0, 0.1) is 6.92 Å². The summed E-state index contributed by atoms with van der Waals surface area (Å²) < 4.78 is 3.49. The molecule has 0 spiro atoms. The number of benzene rings is 1. The first-order valence-electron chi connectivity index (χ1n) is 8.00. The fourth-order valence-corrected chi connectivity index (χ4v) is 2.74. The summed E-state index contributed by atoms with van der Waals surface area (Å²) in [4.78, 5) is 6.10. The highest BCUT2D eigenvalue weighted by Crippen LogP contribution is 2.24. The maximum atomic E-state index is 4.63. The molecule has 1 atom stereocenters. The molecule has 0 bridgehead atoms. The molecule has 0 saturated heterocycles. The Hall–Kier alpha value is -3.29. The summed E-state index contributed by atoms with van der Waals surface area (Å²) in [5.74, 6) is 1.64. The van der Waals surface area contributed by atoms with Crippen LogP contribution >= 0.6 is 0 Å². The van der Waals surface area contributed by atoms with E-state index in [1.165, 1.54) is 11.9 Å². The van der Waals surface area contributed by atoms with Gasteiger partial charge in [0, 0.05) is 7.05 Å². The van der Waals surface area contributed by atoms with E-state index >= 15 is 0 Å². The molecule has 3 aromatic heterocycles. The minimum atomic E-state index is 0.159. The first-order valence-corrected chi connectivity index (χ1v) is 8.00. The van der Waals surface area contributed by atoms with E-state index < -0.39 is 0 Å². The standard InChI is InChI=1S/C17H18N8/c1-12(14-4-6-15(7-5-14)24-11-18-10-19-24)23(3)17-9-8-16-21-20-13(2)25(16)22-17/h4-12H,1-3H3. The van der Waals surface area contributed by atoms with Crippen molar-refractivity contribution in [3.63, 3.8) is 0 Å². The van der Waals surface area contributed by atoms with Crippen molar-refractivity contribution in [3.05, 3.63) is 60.4 Å². The summed E-state index contributed by atoms with van der Waals surface area (Å²) in [5, 5.41) is 16.9. The molecule has 0 amide bonds. The summed E-state index contributed by atoms with van der Waals surface area (Å²) in [6.07, 6.45) is 3.21. The molecule has 0 saturated carbocycles. The fraction of sp³-hybridized carbons (Fsp3) is 0.235. The number of rotatable bonds is 4. The Morgan fingerprint density at radius 3 is 2.56 bits per heavy atom. The normalized spacial score (nSPS) is 12.4. The van der Waals surface area contributed by atoms with Crippen LogP contribution in [0.15, 0.2) is 49.1 Å². The van der Waals surface area contributed by atoms with E-state index in [1.807, 2.05) is 38.2 Å². The van der Waals surface area contributed by atoms with Gasteiger partial charge in [0.05, 0.1) is 11.7 Å². The maximum Gasteiger partial charge on any atom is 0.178 e. The van der Waals surface area contributed by atoms with Gasteiger partial charge in [-0.05, 0) is 43.7 Å². The van der Waals surface area contributed by atoms with Gasteiger partial charge in [-0.15, -0.1) is 15.3 Å². The Bertz CT molecular complexity index is 987. The summed E-state index contributed by atoms with van der Waals surface area (Å²) >= 11 is 0. The quantitative estimate of drug-likeness (QED) is 0.569. The maximum absolute atomic E-state index is 4.63. The van der Waals surface area contributed by atoms with Crippen molar-refractivity contribution < 1.29 is 0 Å². The molecule has 3 heterocycles. The van der Waals surface area contributed by atoms with E-state index in [-0.39, 0.29) is 6.04 Å². The van der Waals surface area contributed by atoms with Crippen LogP contribution in [0.3, 0.4) is 0 Å². The molecule has 4 aromatic rings. The van der Waals surface area contributed by atoms with Crippen molar-refractivity contribution in [1.82, 2.24) is 34.6 Å². The van der Waals surface area contributed by atoms with Crippen LogP contribution < -0.4 is 4.90 Å². The van der Waals surface area contributed by atoms with E-state index in [0.717, 1.165) is 23.0 Å². The molecule has 25 heavy (non-hydrogen) atoms. The molecule has 0 N–H and O–H groups in total. The van der Waals surface area contributed by atoms with Gasteiger partial charge in [0.1, 0.15) is 18.5 Å². The number of fused-ring (bicyclic) bond motifs is 1. The Balaban J connectivity index is 1.60. The first-order chi connectivity index (χ1) is 12.1. The second-order valence-electron chi connectivity index (χ2n) is 5.93. The molecular weight excluding hydrogens is 316 g/mol. The van der Waals surface area contributed by atoms with Crippen LogP contribution in [-0.4, -0.2) is 41.6 Å². The predicted molar refractivity (Wildman–Crippen MR) is 93.7 cm³/mol. The molecule has 8 heteroatoms. The van der Waals surface area contributed by atoms with E-state index in [4.69, 9.17) is 0 Å². The third-order valence-corrected chi connectivity index (χ3v) is 4.41. The minimum Gasteiger partial charge on any atom is -0.351 e. The van der Waals surface area contributed by atoms with Crippen molar-refractivity contribution in [2.24, 2.45) is 0 Å². The molecule has 0 aliphatic carbocycles. The van der Waals surface area contributed by atoms with Gasteiger partial charge in [-0.1, -0.05) is 12.1 Å². The molecule has 1 aromatic carbocycles. The van der Waals surface area contributed by atoms with Crippen molar-refractivity contribution in [2.75, 3.05) is 11.9 Å². The zero-order chi connectivity index (χ0) is 17.4. The molecule has 0 aliphatic heterocycles. The monoisotopic (exact) mass is 334 g/mol. The zero-order valence-electron chi connectivity index (χ0n) is 14.3. The lowest BCUT2D eigenvalue weighted by Gasteiger charge is -2.26. The van der Waals surface area contributed by atoms with Crippen LogP contribution in [0.1, 0.15) is 24.4 Å². The molecule has 0 aliphatic rings. The lowest BCUT2D eigenvalue weighted by atomic mass is 10.1. The van der Waals surface area contributed by atoms with Crippen molar-refractivity contribution in [3.8, 4) is 5.69 Å². The van der Waals surface area contributed by atoms with E-state index in [1.54, 1.807) is 15.5 Å². The van der Waals surface area contributed by atoms with Crippen LogP contribution in [-0.2, 0) is 0 Å². The Morgan fingerprint density at radius 1 is 1.04 bits per heavy atom. The Kier molecular flexibility index (Phi) is 3.64. The fourth-order valence-electron chi connectivity index (χ4n) is 2.74. The molecule has 8 nitrogen and oxygen atoms in total. The molecule has 126 valence electrons. The van der Waals surface area contributed by atoms with Gasteiger partial charge >= 0.3 is 0 Å². The largest absolute Gasteiger partial charge is 0.351 e. The Labute approximate surface area is 144 Å². The van der Waals surface area contributed by atoms with Crippen molar-refractivity contribution >= 4 is 11.5 Å². The molecule has 1 unspecified atom stereocenters. The second kappa shape index (κ2) is 5.97. The third kappa shape index (κ3) is 2.71. The second-order valence-corrected chi connectivity index (χ2v) is 5.93. The molecule has 0 fully saturated rings. The number of aromatic nitrogens is 7. The number of hydrogen-bond acceptors (Lipinski definition) is 6. The van der Waals surface area contributed by atoms with Gasteiger partial charge < -0.3 is 4.90 Å². The van der Waals surface area contributed by atoms with E-state index in [2.05, 4.69) is 49.3 Å². The summed E-state index contributed by atoms with van der Waals surface area (Å²) in [5.41, 5.74) is 2.92. The van der Waals surface area contributed by atoms with E-state index in [9.17, 15) is 0 Å². The van der Waals surface area contributed by atoms with Gasteiger partial charge in [-0.3, -0.25) is 0 Å². The predicted octanol–water partition coefficient (Wildman–Crippen LogP) is 2.21. The van der Waals surface area contributed by atoms with Crippen molar-refractivity contribution in [1.29, 1.82) is 0 Å².